The molecule has 4 heterocycles. The summed E-state index contributed by atoms with van der Waals surface area (Å²) in [6, 6.07) is 8.19. The van der Waals surface area contributed by atoms with Gasteiger partial charge in [0.05, 0.1) is 23.8 Å². The molecule has 0 bridgehead atoms. The topological polar surface area (TPSA) is 73.8 Å². The Labute approximate surface area is 244 Å². The molecular weight excluding hydrogens is 576 g/mol. The predicted octanol–water partition coefficient (Wildman–Crippen LogP) is 4.49. The van der Waals surface area contributed by atoms with Gasteiger partial charge in [-0.05, 0) is 23.9 Å². The lowest BCUT2D eigenvalue weighted by molar-refractivity contribution is -0.128. The molecule has 6 rings (SSSR count). The Morgan fingerprint density at radius 3 is 2.62 bits per heavy atom. The normalized spacial score (nSPS) is 20.1. The summed E-state index contributed by atoms with van der Waals surface area (Å²) in [5.41, 5.74) is 2.35. The summed E-state index contributed by atoms with van der Waals surface area (Å²) in [4.78, 5) is 26.9. The van der Waals surface area contributed by atoms with Crippen molar-refractivity contribution in [2.75, 3.05) is 55.7 Å². The highest BCUT2D eigenvalue weighted by Crippen LogP contribution is 2.38. The summed E-state index contributed by atoms with van der Waals surface area (Å²) in [6.07, 6.45) is 0.220. The number of nitrogens with zero attached hydrogens (tertiary/aromatic N) is 5. The molecule has 8 nitrogen and oxygen atoms in total. The number of anilines is 2. The molecule has 0 radical (unpaired) electrons. The number of rotatable bonds is 6. The molecule has 1 amide bonds. The number of carbonyl (C=O) groups is 1. The molecule has 1 aromatic heterocycles. The van der Waals surface area contributed by atoms with E-state index < -0.39 is 36.1 Å². The molecule has 0 aliphatic carbocycles. The number of carbonyl (C=O) groups excluding carboxylic acids is 1. The minimum atomic E-state index is -2.79. The van der Waals surface area contributed by atoms with E-state index in [1.165, 1.54) is 11.0 Å². The summed E-state index contributed by atoms with van der Waals surface area (Å²) in [6.45, 7) is 4.97. The number of hydrogen-bond donors (Lipinski definition) is 1. The third kappa shape index (κ3) is 5.57. The van der Waals surface area contributed by atoms with Crippen molar-refractivity contribution < 1.29 is 27.1 Å². The molecule has 2 saturated heterocycles. The zero-order chi connectivity index (χ0) is 29.6. The highest BCUT2D eigenvalue weighted by Gasteiger charge is 2.39. The van der Waals surface area contributed by atoms with E-state index in [9.17, 15) is 22.4 Å². The smallest absolute Gasteiger partial charge is 0.318 e. The quantitative estimate of drug-likeness (QED) is 0.328. The lowest BCUT2D eigenvalue weighted by atomic mass is 10.0. The molecule has 0 unspecified atom stereocenters. The first kappa shape index (κ1) is 28.5. The third-order valence-corrected chi connectivity index (χ3v) is 8.35. The van der Waals surface area contributed by atoms with Gasteiger partial charge in [-0.2, -0.15) is 9.97 Å². The second-order valence-electron chi connectivity index (χ2n) is 10.8. The molecular formula is C29H29ClF4N6O2. The zero-order valence-corrected chi connectivity index (χ0v) is 23.4. The molecule has 222 valence electrons. The Bertz CT molecular complexity index is 1550. The third-order valence-electron chi connectivity index (χ3n) is 7.98. The Balaban J connectivity index is 1.30. The lowest BCUT2D eigenvalue weighted by Crippen LogP contribution is -2.49. The highest BCUT2D eigenvalue weighted by atomic mass is 35.5. The van der Waals surface area contributed by atoms with E-state index in [0.717, 1.165) is 16.6 Å². The highest BCUT2D eigenvalue weighted by molar-refractivity contribution is 6.36. The number of alkyl halides is 2. The molecule has 3 aliphatic rings. The zero-order valence-electron chi connectivity index (χ0n) is 22.7. The number of fused-ring (bicyclic) bond motifs is 2. The first-order valence-electron chi connectivity index (χ1n) is 13.7. The van der Waals surface area contributed by atoms with Gasteiger partial charge < -0.3 is 24.8 Å². The van der Waals surface area contributed by atoms with Crippen LogP contribution in [-0.4, -0.2) is 78.6 Å². The van der Waals surface area contributed by atoms with Gasteiger partial charge in [-0.3, -0.25) is 4.79 Å². The van der Waals surface area contributed by atoms with E-state index in [-0.39, 0.29) is 37.2 Å². The molecule has 1 N–H and O–H groups in total. The van der Waals surface area contributed by atoms with Crippen LogP contribution in [0.15, 0.2) is 42.7 Å². The van der Waals surface area contributed by atoms with E-state index in [0.29, 0.717) is 49.5 Å². The minimum absolute atomic E-state index is 0.0311. The number of benzene rings is 2. The average molecular weight is 605 g/mol. The number of piperazine rings is 1. The SMILES string of the molecule is C=C(F)C(=O)N1CCN(c2nc(OC[C@@H]3CC(F)(F)CN3)nc3c2CCN(c2cccc4ccc(F)c(Cl)c24)C3)CC1. The van der Waals surface area contributed by atoms with Gasteiger partial charge >= 0.3 is 6.01 Å². The van der Waals surface area contributed by atoms with Gasteiger partial charge in [0.25, 0.3) is 11.8 Å². The van der Waals surface area contributed by atoms with Crippen LogP contribution in [0.2, 0.25) is 5.02 Å². The fraction of sp³-hybridized carbons (Fsp3) is 0.414. The number of nitrogens with one attached hydrogen (secondary N) is 1. The van der Waals surface area contributed by atoms with Gasteiger partial charge in [-0.25, -0.2) is 17.6 Å². The average Bonchev–Trinajstić information content (AvgIpc) is 3.34. The van der Waals surface area contributed by atoms with Gasteiger partial charge in [-0.15, -0.1) is 0 Å². The molecule has 13 heteroatoms. The lowest BCUT2D eigenvalue weighted by Gasteiger charge is -2.38. The standard InChI is InChI=1S/C29H29ClF4N6O2/c1-17(31)27(41)39-11-9-38(10-12-39)26-20-7-8-40(23-4-2-3-18-5-6-21(32)25(30)24(18)23)14-22(20)36-28(37-26)42-15-19-13-29(33,34)16-35-19/h2-6,19,35H,1,7-16H2/t19-/m0/s1. The van der Waals surface area contributed by atoms with Crippen LogP contribution in [0, 0.1) is 5.82 Å². The summed E-state index contributed by atoms with van der Waals surface area (Å²) < 4.78 is 61.1. The van der Waals surface area contributed by atoms with Crippen LogP contribution in [0.25, 0.3) is 10.8 Å². The first-order valence-corrected chi connectivity index (χ1v) is 14.1. The van der Waals surface area contributed by atoms with Crippen molar-refractivity contribution in [3.05, 3.63) is 64.8 Å². The Morgan fingerprint density at radius 1 is 1.12 bits per heavy atom. The van der Waals surface area contributed by atoms with Crippen molar-refractivity contribution in [2.24, 2.45) is 0 Å². The van der Waals surface area contributed by atoms with E-state index in [4.69, 9.17) is 16.3 Å². The van der Waals surface area contributed by atoms with Gasteiger partial charge in [0, 0.05) is 61.8 Å². The van der Waals surface area contributed by atoms with Crippen molar-refractivity contribution in [1.29, 1.82) is 0 Å². The fourth-order valence-corrected chi connectivity index (χ4v) is 6.13. The molecule has 2 fully saturated rings. The van der Waals surface area contributed by atoms with Crippen LogP contribution >= 0.6 is 11.6 Å². The predicted molar refractivity (Wildman–Crippen MR) is 152 cm³/mol. The van der Waals surface area contributed by atoms with Crippen molar-refractivity contribution in [2.45, 2.75) is 31.4 Å². The van der Waals surface area contributed by atoms with Crippen LogP contribution < -0.4 is 19.9 Å². The molecule has 3 aromatic rings. The number of halogens is 5. The molecule has 1 atom stereocenters. The monoisotopic (exact) mass is 604 g/mol. The van der Waals surface area contributed by atoms with Crippen LogP contribution in [0.5, 0.6) is 6.01 Å². The van der Waals surface area contributed by atoms with Gasteiger partial charge in [0.2, 0.25) is 0 Å². The summed E-state index contributed by atoms with van der Waals surface area (Å²) in [5, 5.41) is 4.23. The second kappa shape index (κ2) is 11.2. The number of amides is 1. The van der Waals surface area contributed by atoms with E-state index >= 15 is 0 Å². The summed E-state index contributed by atoms with van der Waals surface area (Å²) in [5.74, 6) is -4.40. The Kier molecular flexibility index (Phi) is 7.61. The number of aromatic nitrogens is 2. The molecule has 3 aliphatic heterocycles. The van der Waals surface area contributed by atoms with Gasteiger partial charge in [0.1, 0.15) is 18.2 Å². The van der Waals surface area contributed by atoms with Crippen LogP contribution in [-0.2, 0) is 17.8 Å². The van der Waals surface area contributed by atoms with Crippen LogP contribution in [0.4, 0.5) is 29.1 Å². The first-order chi connectivity index (χ1) is 20.1. The maximum atomic E-state index is 14.4. The maximum absolute atomic E-state index is 14.4. The molecule has 0 saturated carbocycles. The second-order valence-corrected chi connectivity index (χ2v) is 11.2. The summed E-state index contributed by atoms with van der Waals surface area (Å²) >= 11 is 6.41. The number of ether oxygens (including phenoxy) is 1. The largest absolute Gasteiger partial charge is 0.462 e. The molecule has 0 spiro atoms. The summed E-state index contributed by atoms with van der Waals surface area (Å²) in [7, 11) is 0. The fourth-order valence-electron chi connectivity index (χ4n) is 5.86. The number of hydrogen-bond acceptors (Lipinski definition) is 7. The Morgan fingerprint density at radius 2 is 1.90 bits per heavy atom. The van der Waals surface area contributed by atoms with Crippen molar-refractivity contribution >= 4 is 39.8 Å². The molecule has 2 aromatic carbocycles. The van der Waals surface area contributed by atoms with Gasteiger partial charge in [-0.1, -0.05) is 36.4 Å². The van der Waals surface area contributed by atoms with Gasteiger partial charge in [0.15, 0.2) is 5.83 Å². The van der Waals surface area contributed by atoms with E-state index in [2.05, 4.69) is 26.8 Å². The van der Waals surface area contributed by atoms with Crippen LogP contribution in [0.3, 0.4) is 0 Å². The van der Waals surface area contributed by atoms with E-state index in [1.807, 2.05) is 23.1 Å². The van der Waals surface area contributed by atoms with Crippen molar-refractivity contribution in [3.8, 4) is 6.01 Å². The van der Waals surface area contributed by atoms with Crippen molar-refractivity contribution in [1.82, 2.24) is 20.2 Å². The van der Waals surface area contributed by atoms with Crippen LogP contribution in [0.1, 0.15) is 17.7 Å². The molecule has 42 heavy (non-hydrogen) atoms. The van der Waals surface area contributed by atoms with E-state index in [1.54, 1.807) is 6.07 Å². The minimum Gasteiger partial charge on any atom is -0.462 e. The van der Waals surface area contributed by atoms with Crippen molar-refractivity contribution in [3.63, 3.8) is 0 Å². The Hall–Kier alpha value is -3.64. The maximum Gasteiger partial charge on any atom is 0.318 e.